The van der Waals surface area contributed by atoms with Gasteiger partial charge < -0.3 is 11.1 Å². The minimum atomic E-state index is -3.53. The van der Waals surface area contributed by atoms with E-state index in [-0.39, 0.29) is 5.75 Å². The van der Waals surface area contributed by atoms with Crippen LogP contribution in [0, 0.1) is 0 Å². The zero-order valence-electron chi connectivity index (χ0n) is 9.94. The molecule has 0 heterocycles. The van der Waals surface area contributed by atoms with Crippen LogP contribution in [-0.4, -0.2) is 26.6 Å². The van der Waals surface area contributed by atoms with Gasteiger partial charge in [-0.05, 0) is 24.6 Å². The Morgan fingerprint density at radius 3 is 2.67 bits per heavy atom. The number of carbonyl (C=O) groups excluding carboxylic acids is 1. The van der Waals surface area contributed by atoms with Gasteiger partial charge in [-0.1, -0.05) is 17.7 Å². The van der Waals surface area contributed by atoms with Crippen molar-refractivity contribution in [3.05, 3.63) is 28.8 Å². The molecule has 5 nitrogen and oxygen atoms in total. The van der Waals surface area contributed by atoms with Crippen molar-refractivity contribution in [3.8, 4) is 0 Å². The highest BCUT2D eigenvalue weighted by Crippen LogP contribution is 2.20. The van der Waals surface area contributed by atoms with Crippen molar-refractivity contribution < 1.29 is 13.2 Å². The van der Waals surface area contributed by atoms with Crippen molar-refractivity contribution in [2.75, 3.05) is 18.0 Å². The molecule has 1 rings (SSSR count). The highest BCUT2D eigenvalue weighted by Gasteiger charge is 2.18. The minimum absolute atomic E-state index is 0.271. The Morgan fingerprint density at radius 2 is 2.11 bits per heavy atom. The fourth-order valence-electron chi connectivity index (χ4n) is 1.43. The second-order valence-electron chi connectivity index (χ2n) is 3.83. The molecule has 0 saturated heterocycles. The zero-order chi connectivity index (χ0) is 13.8. The summed E-state index contributed by atoms with van der Waals surface area (Å²) in [5.41, 5.74) is 6.42. The van der Waals surface area contributed by atoms with Crippen LogP contribution in [-0.2, 0) is 20.4 Å². The van der Waals surface area contributed by atoms with Gasteiger partial charge in [-0.3, -0.25) is 4.79 Å². The van der Waals surface area contributed by atoms with Gasteiger partial charge in [-0.15, -0.1) is 0 Å². The van der Waals surface area contributed by atoms with Crippen LogP contribution in [0.4, 0.5) is 5.69 Å². The quantitative estimate of drug-likeness (QED) is 0.791. The fraction of sp³-hybridized carbons (Fsp3) is 0.364. The number of benzene rings is 1. The summed E-state index contributed by atoms with van der Waals surface area (Å²) >= 11 is 5.72. The first-order valence-electron chi connectivity index (χ1n) is 5.35. The predicted molar refractivity (Wildman–Crippen MR) is 72.0 cm³/mol. The van der Waals surface area contributed by atoms with Crippen LogP contribution in [0.3, 0.4) is 0 Å². The van der Waals surface area contributed by atoms with E-state index < -0.39 is 21.5 Å². The van der Waals surface area contributed by atoms with Gasteiger partial charge in [0.2, 0.25) is 5.91 Å². The van der Waals surface area contributed by atoms with Gasteiger partial charge in [0.15, 0.2) is 9.84 Å². The molecule has 1 aromatic rings. The number of sulfone groups is 1. The number of carbonyl (C=O) groups is 1. The summed E-state index contributed by atoms with van der Waals surface area (Å²) in [5.74, 6) is -1.32. The van der Waals surface area contributed by atoms with Gasteiger partial charge in [0, 0.05) is 17.3 Å². The lowest BCUT2D eigenvalue weighted by Gasteiger charge is -2.07. The average Bonchev–Trinajstić information content (AvgIpc) is 2.21. The number of nitrogen functional groups attached to an aromatic ring is 1. The number of halogens is 1. The number of nitrogens with two attached hydrogens (primary N) is 1. The molecule has 0 aliphatic heterocycles. The number of hydrogen-bond acceptors (Lipinski definition) is 4. The van der Waals surface area contributed by atoms with Crippen LogP contribution in [0.15, 0.2) is 18.2 Å². The smallest absolute Gasteiger partial charge is 0.235 e. The molecule has 0 bridgehead atoms. The topological polar surface area (TPSA) is 89.3 Å². The van der Waals surface area contributed by atoms with Crippen LogP contribution >= 0.6 is 11.6 Å². The number of amides is 1. The molecule has 0 aliphatic rings. The standard InChI is InChI=1S/C11H15ClN2O3S/c1-2-14-11(15)7-18(16,17)6-8-3-4-9(12)5-10(8)13/h3-5H,2,6-7,13H2,1H3,(H,14,15). The first-order chi connectivity index (χ1) is 8.34. The molecule has 100 valence electrons. The summed E-state index contributed by atoms with van der Waals surface area (Å²) in [6.07, 6.45) is 0. The number of hydrogen-bond donors (Lipinski definition) is 2. The summed E-state index contributed by atoms with van der Waals surface area (Å²) in [6, 6.07) is 4.60. The lowest BCUT2D eigenvalue weighted by atomic mass is 10.2. The van der Waals surface area contributed by atoms with E-state index >= 15 is 0 Å². The van der Waals surface area contributed by atoms with Crippen molar-refractivity contribution >= 4 is 33.0 Å². The summed E-state index contributed by atoms with van der Waals surface area (Å²) in [7, 11) is -3.53. The van der Waals surface area contributed by atoms with Gasteiger partial charge >= 0.3 is 0 Å². The first kappa shape index (κ1) is 14.8. The number of rotatable bonds is 5. The molecule has 0 aliphatic carbocycles. The van der Waals surface area contributed by atoms with E-state index in [1.807, 2.05) is 0 Å². The van der Waals surface area contributed by atoms with E-state index in [4.69, 9.17) is 17.3 Å². The Morgan fingerprint density at radius 1 is 1.44 bits per heavy atom. The Bertz CT molecular complexity index is 543. The molecule has 1 aromatic carbocycles. The Labute approximate surface area is 111 Å². The van der Waals surface area contributed by atoms with Gasteiger partial charge in [0.1, 0.15) is 5.75 Å². The molecular formula is C11H15ClN2O3S. The number of anilines is 1. The second kappa shape index (κ2) is 6.06. The summed E-state index contributed by atoms with van der Waals surface area (Å²) in [5, 5.41) is 2.88. The first-order valence-corrected chi connectivity index (χ1v) is 7.55. The van der Waals surface area contributed by atoms with Crippen LogP contribution in [0.5, 0.6) is 0 Å². The van der Waals surface area contributed by atoms with Crippen LogP contribution < -0.4 is 11.1 Å². The summed E-state index contributed by atoms with van der Waals surface area (Å²) in [6.45, 7) is 2.12. The van der Waals surface area contributed by atoms with E-state index in [0.29, 0.717) is 22.8 Å². The van der Waals surface area contributed by atoms with Crippen molar-refractivity contribution in [2.45, 2.75) is 12.7 Å². The van der Waals surface area contributed by atoms with Crippen molar-refractivity contribution in [3.63, 3.8) is 0 Å². The SMILES string of the molecule is CCNC(=O)CS(=O)(=O)Cc1ccc(Cl)cc1N. The van der Waals surface area contributed by atoms with Crippen LogP contribution in [0.2, 0.25) is 5.02 Å². The molecule has 3 N–H and O–H groups in total. The summed E-state index contributed by atoms with van der Waals surface area (Å²) in [4.78, 5) is 11.2. The maximum Gasteiger partial charge on any atom is 0.235 e. The molecule has 7 heteroatoms. The molecule has 1 amide bonds. The van der Waals surface area contributed by atoms with E-state index in [1.54, 1.807) is 19.1 Å². The monoisotopic (exact) mass is 290 g/mol. The van der Waals surface area contributed by atoms with Gasteiger partial charge in [0.25, 0.3) is 0 Å². The molecule has 0 saturated carbocycles. The Hall–Kier alpha value is -1.27. The number of nitrogens with one attached hydrogen (secondary N) is 1. The molecule has 0 radical (unpaired) electrons. The minimum Gasteiger partial charge on any atom is -0.398 e. The average molecular weight is 291 g/mol. The van der Waals surface area contributed by atoms with Crippen molar-refractivity contribution in [2.24, 2.45) is 0 Å². The normalized spacial score (nSPS) is 11.2. The lowest BCUT2D eigenvalue weighted by molar-refractivity contribution is -0.118. The molecule has 18 heavy (non-hydrogen) atoms. The Kier molecular flexibility index (Phi) is 4.98. The van der Waals surface area contributed by atoms with Crippen LogP contribution in [0.25, 0.3) is 0 Å². The molecule has 0 unspecified atom stereocenters. The maximum absolute atomic E-state index is 11.8. The van der Waals surface area contributed by atoms with Gasteiger partial charge in [0.05, 0.1) is 5.75 Å². The maximum atomic E-state index is 11.8. The molecular weight excluding hydrogens is 276 g/mol. The predicted octanol–water partition coefficient (Wildman–Crippen LogP) is 0.973. The van der Waals surface area contributed by atoms with Gasteiger partial charge in [-0.2, -0.15) is 0 Å². The zero-order valence-corrected chi connectivity index (χ0v) is 11.5. The van der Waals surface area contributed by atoms with E-state index in [2.05, 4.69) is 5.32 Å². The molecule has 0 aromatic heterocycles. The summed E-state index contributed by atoms with van der Waals surface area (Å²) < 4.78 is 23.5. The van der Waals surface area contributed by atoms with Crippen LogP contribution in [0.1, 0.15) is 12.5 Å². The third-order valence-electron chi connectivity index (χ3n) is 2.21. The van der Waals surface area contributed by atoms with E-state index in [0.717, 1.165) is 0 Å². The molecule has 0 fully saturated rings. The van der Waals surface area contributed by atoms with E-state index in [1.165, 1.54) is 6.07 Å². The Balaban J connectivity index is 2.79. The highest BCUT2D eigenvalue weighted by atomic mass is 35.5. The van der Waals surface area contributed by atoms with Crippen molar-refractivity contribution in [1.29, 1.82) is 0 Å². The third-order valence-corrected chi connectivity index (χ3v) is 3.90. The van der Waals surface area contributed by atoms with Gasteiger partial charge in [-0.25, -0.2) is 8.42 Å². The second-order valence-corrected chi connectivity index (χ2v) is 6.33. The highest BCUT2D eigenvalue weighted by molar-refractivity contribution is 7.91. The fourth-order valence-corrected chi connectivity index (χ4v) is 2.95. The molecule has 0 atom stereocenters. The lowest BCUT2D eigenvalue weighted by Crippen LogP contribution is -2.30. The van der Waals surface area contributed by atoms with E-state index in [9.17, 15) is 13.2 Å². The van der Waals surface area contributed by atoms with Crippen molar-refractivity contribution in [1.82, 2.24) is 5.32 Å². The largest absolute Gasteiger partial charge is 0.398 e. The third kappa shape index (κ3) is 4.54. The molecule has 0 spiro atoms.